The third-order valence-corrected chi connectivity index (χ3v) is 7.40. The molecule has 0 heterocycles. The van der Waals surface area contributed by atoms with Gasteiger partial charge in [-0.1, -0.05) is 97.1 Å². The molecule has 0 nitrogen and oxygen atoms in total. The maximum atomic E-state index is 2.25. The van der Waals surface area contributed by atoms with E-state index < -0.39 is 0 Å². The highest BCUT2D eigenvalue weighted by molar-refractivity contribution is 8.03. The first-order valence-electron chi connectivity index (χ1n) is 9.43. The lowest BCUT2D eigenvalue weighted by Crippen LogP contribution is -2.06. The highest BCUT2D eigenvalue weighted by Gasteiger charge is 2.27. The molecule has 0 bridgehead atoms. The van der Waals surface area contributed by atoms with Crippen LogP contribution in [0.2, 0.25) is 0 Å². The van der Waals surface area contributed by atoms with Gasteiger partial charge in [-0.2, -0.15) is 0 Å². The quantitative estimate of drug-likeness (QED) is 0.289. The summed E-state index contributed by atoms with van der Waals surface area (Å²) in [6.45, 7) is 0. The molecule has 0 amide bonds. The minimum absolute atomic E-state index is 0.302. The molecule has 4 aromatic carbocycles. The Labute approximate surface area is 176 Å². The van der Waals surface area contributed by atoms with Gasteiger partial charge in [0.25, 0.3) is 0 Å². The maximum absolute atomic E-state index is 2.25. The molecule has 2 atom stereocenters. The summed E-state index contributed by atoms with van der Waals surface area (Å²) < 4.78 is 0. The third kappa shape index (κ3) is 4.89. The Kier molecular flexibility index (Phi) is 6.54. The van der Waals surface area contributed by atoms with Gasteiger partial charge in [0, 0.05) is 9.79 Å². The van der Waals surface area contributed by atoms with Crippen LogP contribution in [0.25, 0.3) is 0 Å². The van der Waals surface area contributed by atoms with Gasteiger partial charge in [0.05, 0.1) is 10.5 Å². The van der Waals surface area contributed by atoms with Gasteiger partial charge in [-0.05, 0) is 35.4 Å². The Balaban J connectivity index is 1.76. The van der Waals surface area contributed by atoms with Crippen molar-refractivity contribution < 1.29 is 0 Å². The summed E-state index contributed by atoms with van der Waals surface area (Å²) in [5.41, 5.74) is 2.71. The fourth-order valence-corrected chi connectivity index (χ4v) is 5.88. The van der Waals surface area contributed by atoms with Crippen LogP contribution >= 0.6 is 23.5 Å². The van der Waals surface area contributed by atoms with Crippen LogP contribution in [-0.2, 0) is 0 Å². The molecule has 0 aliphatic heterocycles. The molecule has 0 aliphatic carbocycles. The normalized spacial score (nSPS) is 13.0. The molecule has 0 N–H and O–H groups in total. The molecule has 4 rings (SSSR count). The minimum atomic E-state index is 0.302. The van der Waals surface area contributed by atoms with E-state index in [0.29, 0.717) is 10.5 Å². The lowest BCUT2D eigenvalue weighted by atomic mass is 10.0. The van der Waals surface area contributed by atoms with E-state index in [2.05, 4.69) is 121 Å². The van der Waals surface area contributed by atoms with Crippen molar-refractivity contribution in [3.8, 4) is 0 Å². The van der Waals surface area contributed by atoms with Gasteiger partial charge in [-0.15, -0.1) is 23.5 Å². The van der Waals surface area contributed by atoms with Crippen molar-refractivity contribution in [2.24, 2.45) is 0 Å². The fraction of sp³-hybridized carbons (Fsp3) is 0.0769. The summed E-state index contributed by atoms with van der Waals surface area (Å²) in [5.74, 6) is 0. The molecule has 0 radical (unpaired) electrons. The first kappa shape index (κ1) is 18.9. The number of hydrogen-bond donors (Lipinski definition) is 0. The van der Waals surface area contributed by atoms with E-state index in [4.69, 9.17) is 0 Å². The highest BCUT2D eigenvalue weighted by Crippen LogP contribution is 2.52. The molecule has 0 spiro atoms. The summed E-state index contributed by atoms with van der Waals surface area (Å²) in [4.78, 5) is 2.59. The number of hydrogen-bond acceptors (Lipinski definition) is 2. The van der Waals surface area contributed by atoms with Crippen molar-refractivity contribution in [2.45, 2.75) is 20.3 Å². The topological polar surface area (TPSA) is 0 Å². The van der Waals surface area contributed by atoms with Crippen molar-refractivity contribution in [2.75, 3.05) is 0 Å². The summed E-state index contributed by atoms with van der Waals surface area (Å²) in [5, 5.41) is 0.604. The van der Waals surface area contributed by atoms with Gasteiger partial charge in [-0.3, -0.25) is 0 Å². The van der Waals surface area contributed by atoms with Crippen molar-refractivity contribution in [3.63, 3.8) is 0 Å². The van der Waals surface area contributed by atoms with E-state index in [9.17, 15) is 0 Å². The average molecular weight is 399 g/mol. The van der Waals surface area contributed by atoms with E-state index in [1.807, 2.05) is 23.5 Å². The largest absolute Gasteiger partial charge is 0.116 e. The zero-order valence-electron chi connectivity index (χ0n) is 15.5. The Hall–Kier alpha value is -2.42. The molecule has 0 saturated carbocycles. The first-order chi connectivity index (χ1) is 13.9. The lowest BCUT2D eigenvalue weighted by Gasteiger charge is -2.27. The van der Waals surface area contributed by atoms with Gasteiger partial charge in [0.2, 0.25) is 0 Å². The SMILES string of the molecule is c1ccc(S[C@H](c2ccccc2)[C@H](Sc2ccccc2)c2ccccc2)cc1. The molecule has 138 valence electrons. The molecule has 0 unspecified atom stereocenters. The van der Waals surface area contributed by atoms with Gasteiger partial charge in [0.1, 0.15) is 0 Å². The monoisotopic (exact) mass is 398 g/mol. The molecular formula is C26H22S2. The fourth-order valence-electron chi connectivity index (χ4n) is 3.19. The molecule has 0 aromatic heterocycles. The summed E-state index contributed by atoms with van der Waals surface area (Å²) >= 11 is 3.89. The van der Waals surface area contributed by atoms with Crippen molar-refractivity contribution in [1.82, 2.24) is 0 Å². The van der Waals surface area contributed by atoms with Crippen LogP contribution in [0.15, 0.2) is 131 Å². The van der Waals surface area contributed by atoms with Crippen LogP contribution < -0.4 is 0 Å². The van der Waals surface area contributed by atoms with Gasteiger partial charge < -0.3 is 0 Å². The van der Waals surface area contributed by atoms with Crippen molar-refractivity contribution in [3.05, 3.63) is 132 Å². The third-order valence-electron chi connectivity index (χ3n) is 4.54. The molecule has 4 aromatic rings. The van der Waals surface area contributed by atoms with Crippen molar-refractivity contribution >= 4 is 23.5 Å². The molecular weight excluding hydrogens is 376 g/mol. The van der Waals surface area contributed by atoms with E-state index in [0.717, 1.165) is 0 Å². The van der Waals surface area contributed by atoms with E-state index in [-0.39, 0.29) is 0 Å². The predicted molar refractivity (Wildman–Crippen MR) is 123 cm³/mol. The van der Waals surface area contributed by atoms with Crippen LogP contribution in [-0.4, -0.2) is 0 Å². The van der Waals surface area contributed by atoms with E-state index in [1.54, 1.807) is 0 Å². The number of thioether (sulfide) groups is 2. The lowest BCUT2D eigenvalue weighted by molar-refractivity contribution is 0.903. The first-order valence-corrected chi connectivity index (χ1v) is 11.2. The van der Waals surface area contributed by atoms with E-state index in [1.165, 1.54) is 20.9 Å². The standard InChI is InChI=1S/C26H22S2/c1-5-13-21(14-6-1)25(27-23-17-9-3-10-18-23)26(22-15-7-2-8-16-22)28-24-19-11-4-12-20-24/h1-20,25-26H/t25-,26-/m1/s1. The smallest absolute Gasteiger partial charge is 0.0507 e. The maximum Gasteiger partial charge on any atom is 0.0507 e. The van der Waals surface area contributed by atoms with E-state index >= 15 is 0 Å². The molecule has 0 fully saturated rings. The number of benzene rings is 4. The Bertz CT molecular complexity index is 871. The Morgan fingerprint density at radius 1 is 0.357 bits per heavy atom. The zero-order chi connectivity index (χ0) is 19.0. The second-order valence-corrected chi connectivity index (χ2v) is 8.95. The number of rotatable bonds is 7. The van der Waals surface area contributed by atoms with Gasteiger partial charge >= 0.3 is 0 Å². The Morgan fingerprint density at radius 3 is 0.964 bits per heavy atom. The van der Waals surface area contributed by atoms with Crippen LogP contribution in [0.4, 0.5) is 0 Å². The van der Waals surface area contributed by atoms with Crippen LogP contribution in [0.1, 0.15) is 21.6 Å². The zero-order valence-corrected chi connectivity index (χ0v) is 17.2. The van der Waals surface area contributed by atoms with Crippen LogP contribution in [0.5, 0.6) is 0 Å². The van der Waals surface area contributed by atoms with Gasteiger partial charge in [-0.25, -0.2) is 0 Å². The minimum Gasteiger partial charge on any atom is -0.116 e. The molecule has 0 aliphatic rings. The molecule has 0 saturated heterocycles. The predicted octanol–water partition coefficient (Wildman–Crippen LogP) is 8.05. The molecule has 28 heavy (non-hydrogen) atoms. The van der Waals surface area contributed by atoms with Crippen LogP contribution in [0.3, 0.4) is 0 Å². The van der Waals surface area contributed by atoms with Crippen molar-refractivity contribution in [1.29, 1.82) is 0 Å². The summed E-state index contributed by atoms with van der Waals surface area (Å²) in [6, 6.07) is 43.2. The Morgan fingerprint density at radius 2 is 0.643 bits per heavy atom. The summed E-state index contributed by atoms with van der Waals surface area (Å²) in [6.07, 6.45) is 0. The van der Waals surface area contributed by atoms with Gasteiger partial charge in [0.15, 0.2) is 0 Å². The molecule has 2 heteroatoms. The average Bonchev–Trinajstić information content (AvgIpc) is 2.79. The highest BCUT2D eigenvalue weighted by atomic mass is 32.2. The summed E-state index contributed by atoms with van der Waals surface area (Å²) in [7, 11) is 0. The van der Waals surface area contributed by atoms with Crippen LogP contribution in [0, 0.1) is 0 Å². The second kappa shape index (κ2) is 9.68. The second-order valence-electron chi connectivity index (χ2n) is 6.52.